The SMILES string of the molecule is COCC(=O)N1CCC2(CC1)CN(Cc1cccnc1)CC2COC. The van der Waals surface area contributed by atoms with Crippen molar-refractivity contribution in [1.29, 1.82) is 0 Å². The Morgan fingerprint density at radius 1 is 1.32 bits per heavy atom. The van der Waals surface area contributed by atoms with Crippen LogP contribution in [0.1, 0.15) is 18.4 Å². The largest absolute Gasteiger partial charge is 0.384 e. The Hall–Kier alpha value is -1.50. The maximum Gasteiger partial charge on any atom is 0.248 e. The Bertz CT molecular complexity index is 558. The molecule has 2 aliphatic rings. The van der Waals surface area contributed by atoms with Gasteiger partial charge in [0.15, 0.2) is 0 Å². The van der Waals surface area contributed by atoms with Crippen molar-refractivity contribution in [3.8, 4) is 0 Å². The molecule has 2 saturated heterocycles. The lowest BCUT2D eigenvalue weighted by molar-refractivity contribution is -0.138. The van der Waals surface area contributed by atoms with Crippen LogP contribution in [0.4, 0.5) is 0 Å². The first kappa shape index (κ1) is 18.3. The van der Waals surface area contributed by atoms with Crippen molar-refractivity contribution in [1.82, 2.24) is 14.8 Å². The summed E-state index contributed by atoms with van der Waals surface area (Å²) in [5, 5.41) is 0. The summed E-state index contributed by atoms with van der Waals surface area (Å²) < 4.78 is 10.5. The number of hydrogen-bond donors (Lipinski definition) is 0. The molecule has 1 spiro atoms. The summed E-state index contributed by atoms with van der Waals surface area (Å²) in [4.78, 5) is 20.8. The van der Waals surface area contributed by atoms with Crippen LogP contribution in [0.15, 0.2) is 24.5 Å². The predicted octanol–water partition coefficient (Wildman–Crippen LogP) is 1.41. The average Bonchev–Trinajstić information content (AvgIpc) is 2.93. The maximum atomic E-state index is 12.1. The number of nitrogens with zero attached hydrogens (tertiary/aromatic N) is 3. The van der Waals surface area contributed by atoms with Crippen LogP contribution >= 0.6 is 0 Å². The van der Waals surface area contributed by atoms with Gasteiger partial charge in [-0.1, -0.05) is 6.07 Å². The molecule has 0 radical (unpaired) electrons. The summed E-state index contributed by atoms with van der Waals surface area (Å²) in [6.07, 6.45) is 5.85. The third-order valence-electron chi connectivity index (χ3n) is 5.76. The molecule has 3 heterocycles. The number of carbonyl (C=O) groups excluding carboxylic acids is 1. The molecule has 2 fully saturated rings. The number of piperidine rings is 1. The fourth-order valence-corrected chi connectivity index (χ4v) is 4.43. The molecule has 0 N–H and O–H groups in total. The predicted molar refractivity (Wildman–Crippen MR) is 95.0 cm³/mol. The molecule has 3 rings (SSSR count). The third kappa shape index (κ3) is 4.19. The first-order chi connectivity index (χ1) is 12.2. The van der Waals surface area contributed by atoms with E-state index in [-0.39, 0.29) is 17.9 Å². The number of likely N-dealkylation sites (tertiary alicyclic amines) is 2. The first-order valence-electron chi connectivity index (χ1n) is 9.04. The summed E-state index contributed by atoms with van der Waals surface area (Å²) in [6.45, 7) is 5.67. The second kappa shape index (κ2) is 8.25. The number of aromatic nitrogens is 1. The quantitative estimate of drug-likeness (QED) is 0.779. The molecular formula is C19H29N3O3. The zero-order valence-corrected chi connectivity index (χ0v) is 15.3. The Morgan fingerprint density at radius 2 is 2.12 bits per heavy atom. The Kier molecular flexibility index (Phi) is 6.04. The molecule has 25 heavy (non-hydrogen) atoms. The Balaban J connectivity index is 1.64. The lowest BCUT2D eigenvalue weighted by atomic mass is 9.71. The van der Waals surface area contributed by atoms with Crippen molar-refractivity contribution in [3.05, 3.63) is 30.1 Å². The minimum Gasteiger partial charge on any atom is -0.384 e. The number of methoxy groups -OCH3 is 2. The molecule has 6 nitrogen and oxygen atoms in total. The van der Waals surface area contributed by atoms with E-state index in [4.69, 9.17) is 9.47 Å². The number of ether oxygens (including phenoxy) is 2. The van der Waals surface area contributed by atoms with Crippen LogP contribution in [0, 0.1) is 11.3 Å². The second-order valence-electron chi connectivity index (χ2n) is 7.36. The highest BCUT2D eigenvalue weighted by Crippen LogP contribution is 2.45. The van der Waals surface area contributed by atoms with Gasteiger partial charge in [0, 0.05) is 65.3 Å². The summed E-state index contributed by atoms with van der Waals surface area (Å²) in [6, 6.07) is 4.13. The monoisotopic (exact) mass is 347 g/mol. The smallest absolute Gasteiger partial charge is 0.248 e. The molecule has 1 atom stereocenters. The van der Waals surface area contributed by atoms with Crippen molar-refractivity contribution < 1.29 is 14.3 Å². The number of carbonyl (C=O) groups is 1. The zero-order valence-electron chi connectivity index (χ0n) is 15.3. The van der Waals surface area contributed by atoms with Crippen molar-refractivity contribution in [2.45, 2.75) is 19.4 Å². The molecule has 1 aromatic rings. The minimum atomic E-state index is 0.103. The summed E-state index contributed by atoms with van der Waals surface area (Å²) >= 11 is 0. The average molecular weight is 347 g/mol. The third-order valence-corrected chi connectivity index (χ3v) is 5.76. The van der Waals surface area contributed by atoms with Gasteiger partial charge >= 0.3 is 0 Å². The highest BCUT2D eigenvalue weighted by molar-refractivity contribution is 5.77. The van der Waals surface area contributed by atoms with Crippen LogP contribution in [0.5, 0.6) is 0 Å². The van der Waals surface area contributed by atoms with Crippen LogP contribution in [0.2, 0.25) is 0 Å². The van der Waals surface area contributed by atoms with Crippen molar-refractivity contribution >= 4 is 5.91 Å². The summed E-state index contributed by atoms with van der Waals surface area (Å²) in [7, 11) is 3.36. The van der Waals surface area contributed by atoms with E-state index in [1.165, 1.54) is 5.56 Å². The number of rotatable bonds is 6. The fraction of sp³-hybridized carbons (Fsp3) is 0.684. The van der Waals surface area contributed by atoms with E-state index in [1.807, 2.05) is 23.4 Å². The second-order valence-corrected chi connectivity index (χ2v) is 7.36. The van der Waals surface area contributed by atoms with Gasteiger partial charge in [0.2, 0.25) is 5.91 Å². The molecule has 0 aliphatic carbocycles. The maximum absolute atomic E-state index is 12.1. The zero-order chi connectivity index (χ0) is 17.7. The lowest BCUT2D eigenvalue weighted by Crippen LogP contribution is -2.48. The summed E-state index contributed by atoms with van der Waals surface area (Å²) in [5.74, 6) is 0.625. The number of pyridine rings is 1. The van der Waals surface area contributed by atoms with E-state index in [9.17, 15) is 4.79 Å². The number of amides is 1. The van der Waals surface area contributed by atoms with Crippen LogP contribution in [0.25, 0.3) is 0 Å². The Morgan fingerprint density at radius 3 is 2.76 bits per heavy atom. The fourth-order valence-electron chi connectivity index (χ4n) is 4.43. The van der Waals surface area contributed by atoms with E-state index >= 15 is 0 Å². The lowest BCUT2D eigenvalue weighted by Gasteiger charge is -2.42. The van der Waals surface area contributed by atoms with Gasteiger partial charge in [0.25, 0.3) is 0 Å². The van der Waals surface area contributed by atoms with E-state index in [0.29, 0.717) is 5.92 Å². The van der Waals surface area contributed by atoms with Gasteiger partial charge in [-0.3, -0.25) is 14.7 Å². The molecule has 1 unspecified atom stereocenters. The molecule has 2 aliphatic heterocycles. The van der Waals surface area contributed by atoms with Crippen molar-refractivity contribution in [2.75, 3.05) is 53.6 Å². The van der Waals surface area contributed by atoms with Gasteiger partial charge in [0.05, 0.1) is 6.61 Å². The van der Waals surface area contributed by atoms with E-state index in [0.717, 1.165) is 52.2 Å². The molecule has 1 aromatic heterocycles. The van der Waals surface area contributed by atoms with Crippen molar-refractivity contribution in [2.24, 2.45) is 11.3 Å². The topological polar surface area (TPSA) is 54.9 Å². The van der Waals surface area contributed by atoms with E-state index < -0.39 is 0 Å². The molecule has 1 amide bonds. The van der Waals surface area contributed by atoms with Gasteiger partial charge in [-0.15, -0.1) is 0 Å². The molecule has 6 heteroatoms. The van der Waals surface area contributed by atoms with Gasteiger partial charge in [-0.25, -0.2) is 0 Å². The van der Waals surface area contributed by atoms with E-state index in [2.05, 4.69) is 16.0 Å². The van der Waals surface area contributed by atoms with Crippen LogP contribution in [0.3, 0.4) is 0 Å². The molecule has 0 bridgehead atoms. The minimum absolute atomic E-state index is 0.103. The molecule has 0 saturated carbocycles. The van der Waals surface area contributed by atoms with Gasteiger partial charge in [-0.05, 0) is 29.9 Å². The van der Waals surface area contributed by atoms with Crippen LogP contribution < -0.4 is 0 Å². The molecular weight excluding hydrogens is 318 g/mol. The van der Waals surface area contributed by atoms with E-state index in [1.54, 1.807) is 14.2 Å². The van der Waals surface area contributed by atoms with Crippen LogP contribution in [-0.2, 0) is 20.8 Å². The van der Waals surface area contributed by atoms with Gasteiger partial charge in [-0.2, -0.15) is 0 Å². The van der Waals surface area contributed by atoms with Gasteiger partial charge < -0.3 is 14.4 Å². The Labute approximate surface area is 150 Å². The van der Waals surface area contributed by atoms with Crippen molar-refractivity contribution in [3.63, 3.8) is 0 Å². The van der Waals surface area contributed by atoms with Crippen LogP contribution in [-0.4, -0.2) is 74.3 Å². The first-order valence-corrected chi connectivity index (χ1v) is 9.04. The molecule has 0 aromatic carbocycles. The summed E-state index contributed by atoms with van der Waals surface area (Å²) in [5.41, 5.74) is 1.51. The highest BCUT2D eigenvalue weighted by atomic mass is 16.5. The highest BCUT2D eigenvalue weighted by Gasteiger charge is 2.48. The number of hydrogen-bond acceptors (Lipinski definition) is 5. The van der Waals surface area contributed by atoms with Gasteiger partial charge in [0.1, 0.15) is 6.61 Å². The standard InChI is InChI=1S/C19H29N3O3/c1-24-13-17-12-21(11-16-4-3-7-20-10-16)15-19(17)5-8-22(9-6-19)18(23)14-25-2/h3-4,7,10,17H,5-6,8-9,11-15H2,1-2H3. The normalized spacial score (nSPS) is 23.3. The molecule has 138 valence electrons.